The smallest absolute Gasteiger partial charge is 0.240 e. The summed E-state index contributed by atoms with van der Waals surface area (Å²) in [7, 11) is 1.94. The van der Waals surface area contributed by atoms with Gasteiger partial charge >= 0.3 is 0 Å². The van der Waals surface area contributed by atoms with Crippen molar-refractivity contribution in [2.24, 2.45) is 13.0 Å². The van der Waals surface area contributed by atoms with Gasteiger partial charge in [0.05, 0.1) is 24.1 Å². The van der Waals surface area contributed by atoms with Crippen molar-refractivity contribution in [2.45, 2.75) is 12.8 Å². The molecule has 0 bridgehead atoms. The van der Waals surface area contributed by atoms with E-state index in [1.54, 1.807) is 6.33 Å². The topological polar surface area (TPSA) is 97.2 Å². The zero-order valence-electron chi connectivity index (χ0n) is 17.7. The number of rotatable bonds is 6. The van der Waals surface area contributed by atoms with Gasteiger partial charge in [0.2, 0.25) is 11.8 Å². The zero-order chi connectivity index (χ0) is 21.2. The van der Waals surface area contributed by atoms with Gasteiger partial charge in [0.15, 0.2) is 0 Å². The molecule has 5 heterocycles. The summed E-state index contributed by atoms with van der Waals surface area (Å²) < 4.78 is 8.01. The van der Waals surface area contributed by atoms with E-state index in [0.29, 0.717) is 24.8 Å². The quantitative estimate of drug-likeness (QED) is 0.620. The number of ether oxygens (including phenoxy) is 1. The summed E-state index contributed by atoms with van der Waals surface area (Å²) in [6.45, 7) is 5.12. The van der Waals surface area contributed by atoms with Gasteiger partial charge in [-0.2, -0.15) is 0 Å². The van der Waals surface area contributed by atoms with Gasteiger partial charge in [-0.15, -0.1) is 0 Å². The second-order valence-electron chi connectivity index (χ2n) is 8.19. The number of pyridine rings is 2. The standard InChI is InChI=1S/C22H27N7O2/c1-28-14-26-18-11-17(16-2-3-19(24-13-16)29-7-5-23-6-8-29)27-22(21(18)28)31-9-4-15-10-20(30)25-12-15/h2-3,11,13-15,23H,4-10,12H2,1H3,(H,25,30)/t15-/m1/s1. The van der Waals surface area contributed by atoms with Gasteiger partial charge in [0.1, 0.15) is 11.3 Å². The lowest BCUT2D eigenvalue weighted by Crippen LogP contribution is -2.43. The molecule has 2 aliphatic heterocycles. The number of fused-ring (bicyclic) bond motifs is 1. The van der Waals surface area contributed by atoms with Crippen molar-refractivity contribution < 1.29 is 9.53 Å². The highest BCUT2D eigenvalue weighted by atomic mass is 16.5. The number of imidazole rings is 1. The van der Waals surface area contributed by atoms with Gasteiger partial charge in [-0.1, -0.05) is 0 Å². The van der Waals surface area contributed by atoms with Crippen LogP contribution in [-0.2, 0) is 11.8 Å². The number of hydrogen-bond donors (Lipinski definition) is 2. The minimum Gasteiger partial charge on any atom is -0.476 e. The molecule has 0 unspecified atom stereocenters. The number of amides is 1. The number of hydrogen-bond acceptors (Lipinski definition) is 7. The van der Waals surface area contributed by atoms with Crippen LogP contribution in [0.15, 0.2) is 30.7 Å². The molecule has 2 fully saturated rings. The molecular formula is C22H27N7O2. The fourth-order valence-corrected chi connectivity index (χ4v) is 4.20. The number of nitrogens with one attached hydrogen (secondary N) is 2. The minimum atomic E-state index is 0.121. The van der Waals surface area contributed by atoms with Gasteiger partial charge in [-0.3, -0.25) is 4.79 Å². The van der Waals surface area contributed by atoms with E-state index in [9.17, 15) is 4.79 Å². The molecule has 5 rings (SSSR count). The number of aryl methyl sites for hydroxylation is 1. The van der Waals surface area contributed by atoms with Gasteiger partial charge in [0, 0.05) is 58.0 Å². The Hall–Kier alpha value is -3.20. The van der Waals surface area contributed by atoms with E-state index in [1.807, 2.05) is 23.9 Å². The Morgan fingerprint density at radius 3 is 2.84 bits per heavy atom. The average molecular weight is 422 g/mol. The van der Waals surface area contributed by atoms with Crippen LogP contribution in [0, 0.1) is 5.92 Å². The van der Waals surface area contributed by atoms with E-state index >= 15 is 0 Å². The van der Waals surface area contributed by atoms with Crippen LogP contribution in [0.1, 0.15) is 12.8 Å². The van der Waals surface area contributed by atoms with Crippen LogP contribution in [0.2, 0.25) is 0 Å². The van der Waals surface area contributed by atoms with Crippen molar-refractivity contribution in [3.63, 3.8) is 0 Å². The molecule has 9 heteroatoms. The maximum atomic E-state index is 11.4. The molecular weight excluding hydrogens is 394 g/mol. The van der Waals surface area contributed by atoms with Crippen molar-refractivity contribution in [1.82, 2.24) is 30.2 Å². The summed E-state index contributed by atoms with van der Waals surface area (Å²) in [5.74, 6) is 1.99. The van der Waals surface area contributed by atoms with Gasteiger partial charge in [-0.05, 0) is 30.5 Å². The highest BCUT2D eigenvalue weighted by Gasteiger charge is 2.22. The fourth-order valence-electron chi connectivity index (χ4n) is 4.20. The Labute approximate surface area is 180 Å². The van der Waals surface area contributed by atoms with E-state index in [4.69, 9.17) is 9.72 Å². The monoisotopic (exact) mass is 421 g/mol. The van der Waals surface area contributed by atoms with Crippen LogP contribution in [0.5, 0.6) is 5.88 Å². The number of anilines is 1. The van der Waals surface area contributed by atoms with E-state index in [2.05, 4.69) is 37.6 Å². The first-order valence-corrected chi connectivity index (χ1v) is 10.8. The van der Waals surface area contributed by atoms with Crippen LogP contribution in [0.25, 0.3) is 22.3 Å². The first kappa shape index (κ1) is 19.7. The molecule has 3 aromatic heterocycles. The molecule has 3 aromatic rings. The summed E-state index contributed by atoms with van der Waals surface area (Å²) in [4.78, 5) is 27.7. The van der Waals surface area contributed by atoms with Gasteiger partial charge in [-0.25, -0.2) is 15.0 Å². The molecule has 2 aliphatic rings. The Bertz CT molecular complexity index is 1070. The first-order chi connectivity index (χ1) is 15.2. The molecule has 0 aromatic carbocycles. The lowest BCUT2D eigenvalue weighted by Gasteiger charge is -2.28. The van der Waals surface area contributed by atoms with Crippen LogP contribution in [0.4, 0.5) is 5.82 Å². The zero-order valence-corrected chi connectivity index (χ0v) is 17.7. The summed E-state index contributed by atoms with van der Waals surface area (Å²) >= 11 is 0. The van der Waals surface area contributed by atoms with E-state index in [-0.39, 0.29) is 5.91 Å². The summed E-state index contributed by atoms with van der Waals surface area (Å²) in [6, 6.07) is 6.08. The lowest BCUT2D eigenvalue weighted by molar-refractivity contribution is -0.119. The predicted molar refractivity (Wildman–Crippen MR) is 118 cm³/mol. The highest BCUT2D eigenvalue weighted by Crippen LogP contribution is 2.29. The van der Waals surface area contributed by atoms with Crippen molar-refractivity contribution in [3.05, 3.63) is 30.7 Å². The maximum Gasteiger partial charge on any atom is 0.240 e. The second-order valence-corrected chi connectivity index (χ2v) is 8.19. The summed E-state index contributed by atoms with van der Waals surface area (Å²) in [5.41, 5.74) is 3.43. The molecule has 1 amide bonds. The Morgan fingerprint density at radius 1 is 1.23 bits per heavy atom. The van der Waals surface area contributed by atoms with Crippen LogP contribution >= 0.6 is 0 Å². The summed E-state index contributed by atoms with van der Waals surface area (Å²) in [6.07, 6.45) is 5.02. The second kappa shape index (κ2) is 8.50. The third-order valence-corrected chi connectivity index (χ3v) is 5.97. The number of carbonyl (C=O) groups is 1. The molecule has 0 saturated carbocycles. The third kappa shape index (κ3) is 4.18. The molecule has 2 N–H and O–H groups in total. The number of piperazine rings is 1. The van der Waals surface area contributed by atoms with Crippen LogP contribution in [-0.4, -0.2) is 64.8 Å². The minimum absolute atomic E-state index is 0.121. The fraction of sp³-hybridized carbons (Fsp3) is 0.455. The predicted octanol–water partition coefficient (Wildman–Crippen LogP) is 1.34. The molecule has 1 atom stereocenters. The number of nitrogens with zero attached hydrogens (tertiary/aromatic N) is 5. The van der Waals surface area contributed by atoms with Gasteiger partial charge in [0.25, 0.3) is 0 Å². The van der Waals surface area contributed by atoms with Crippen molar-refractivity contribution >= 4 is 22.8 Å². The summed E-state index contributed by atoms with van der Waals surface area (Å²) in [5, 5.41) is 6.23. The van der Waals surface area contributed by atoms with Crippen molar-refractivity contribution in [3.8, 4) is 17.1 Å². The van der Waals surface area contributed by atoms with Gasteiger partial charge < -0.3 is 24.8 Å². The van der Waals surface area contributed by atoms with Crippen molar-refractivity contribution in [1.29, 1.82) is 0 Å². The van der Waals surface area contributed by atoms with E-state index in [0.717, 1.165) is 67.3 Å². The number of aromatic nitrogens is 4. The Morgan fingerprint density at radius 2 is 2.10 bits per heavy atom. The van der Waals surface area contributed by atoms with E-state index < -0.39 is 0 Å². The Balaban J connectivity index is 1.37. The number of carbonyl (C=O) groups excluding carboxylic acids is 1. The Kier molecular flexibility index (Phi) is 5.42. The normalized spacial score (nSPS) is 19.1. The molecule has 0 spiro atoms. The first-order valence-electron chi connectivity index (χ1n) is 10.8. The SMILES string of the molecule is Cn1cnc2cc(-c3ccc(N4CCNCC4)nc3)nc(OCC[C@H]3CNC(=O)C3)c21. The average Bonchev–Trinajstić information content (AvgIpc) is 3.39. The van der Waals surface area contributed by atoms with Crippen LogP contribution in [0.3, 0.4) is 0 Å². The van der Waals surface area contributed by atoms with Crippen molar-refractivity contribution in [2.75, 3.05) is 44.2 Å². The maximum absolute atomic E-state index is 11.4. The highest BCUT2D eigenvalue weighted by molar-refractivity contribution is 5.84. The molecule has 162 valence electrons. The van der Waals surface area contributed by atoms with Crippen LogP contribution < -0.4 is 20.3 Å². The molecule has 2 saturated heterocycles. The molecule has 0 radical (unpaired) electrons. The lowest BCUT2D eigenvalue weighted by atomic mass is 10.1. The molecule has 31 heavy (non-hydrogen) atoms. The third-order valence-electron chi connectivity index (χ3n) is 5.97. The molecule has 9 nitrogen and oxygen atoms in total. The van der Waals surface area contributed by atoms with E-state index in [1.165, 1.54) is 0 Å². The largest absolute Gasteiger partial charge is 0.476 e. The molecule has 0 aliphatic carbocycles.